The van der Waals surface area contributed by atoms with Crippen molar-refractivity contribution in [1.82, 2.24) is 0 Å². The minimum absolute atomic E-state index is 0.168. The molecule has 1 atom stereocenters. The largest absolute Gasteiger partial charge is 0.450 e. The first kappa shape index (κ1) is 13.8. The van der Waals surface area contributed by atoms with Crippen LogP contribution >= 0.6 is 0 Å². The highest BCUT2D eigenvalue weighted by Crippen LogP contribution is 2.07. The molecular weight excluding hydrogens is 232 g/mol. The van der Waals surface area contributed by atoms with Gasteiger partial charge in [-0.15, -0.1) is 0 Å². The first-order chi connectivity index (χ1) is 8.60. The van der Waals surface area contributed by atoms with Crippen molar-refractivity contribution in [2.45, 2.75) is 26.4 Å². The van der Waals surface area contributed by atoms with E-state index in [4.69, 9.17) is 10.3 Å². The highest BCUT2D eigenvalue weighted by Gasteiger charge is 2.33. The van der Waals surface area contributed by atoms with E-state index in [0.29, 0.717) is 12.0 Å². The average Bonchev–Trinajstić information content (AvgIpc) is 2.38. The van der Waals surface area contributed by atoms with Gasteiger partial charge >= 0.3 is 11.7 Å². The quantitative estimate of drug-likeness (QED) is 0.261. The molecule has 1 rings (SSSR count). The predicted molar refractivity (Wildman–Crippen MR) is 65.2 cm³/mol. The summed E-state index contributed by atoms with van der Waals surface area (Å²) < 4.78 is 4.94. The van der Waals surface area contributed by atoms with Crippen LogP contribution in [-0.4, -0.2) is 28.4 Å². The van der Waals surface area contributed by atoms with E-state index in [9.17, 15) is 9.59 Å². The number of carbonyl (C=O) groups excluding carboxylic acids is 2. The van der Waals surface area contributed by atoms with Crippen LogP contribution in [0.4, 0.5) is 0 Å². The molecule has 0 saturated heterocycles. The summed E-state index contributed by atoms with van der Waals surface area (Å²) in [6.07, 6.45) is -0.474. The number of ether oxygens (including phenoxy) is 1. The number of ketones is 1. The van der Waals surface area contributed by atoms with Crippen LogP contribution in [0.1, 0.15) is 30.6 Å². The van der Waals surface area contributed by atoms with E-state index in [1.807, 2.05) is 0 Å². The third-order valence-electron chi connectivity index (χ3n) is 2.36. The van der Waals surface area contributed by atoms with Crippen LogP contribution in [0.15, 0.2) is 30.3 Å². The molecule has 1 unspecified atom stereocenters. The number of hydrogen-bond donors (Lipinski definition) is 0. The predicted octanol–water partition coefficient (Wildman–Crippen LogP) is 1.88. The zero-order valence-corrected chi connectivity index (χ0v) is 10.3. The van der Waals surface area contributed by atoms with Crippen LogP contribution in [0.25, 0.3) is 5.53 Å². The number of nitrogens with zero attached hydrogens (tertiary/aromatic N) is 2. The SMILES string of the molecule is CCC(OC(C)=O)C(=[N+]=[N-])C(=O)c1ccccc1. The fraction of sp³-hybridized carbons (Fsp3) is 0.308. The smallest absolute Gasteiger partial charge is 0.379 e. The zero-order chi connectivity index (χ0) is 13.5. The minimum Gasteiger partial charge on any atom is -0.450 e. The highest BCUT2D eigenvalue weighted by atomic mass is 16.5. The molecule has 0 saturated carbocycles. The Labute approximate surface area is 105 Å². The van der Waals surface area contributed by atoms with Gasteiger partial charge in [0, 0.05) is 12.5 Å². The summed E-state index contributed by atoms with van der Waals surface area (Å²) in [4.78, 5) is 26.0. The van der Waals surface area contributed by atoms with E-state index in [1.165, 1.54) is 6.92 Å². The summed E-state index contributed by atoms with van der Waals surface area (Å²) in [7, 11) is 0. The average molecular weight is 246 g/mol. The van der Waals surface area contributed by atoms with Gasteiger partial charge in [-0.2, -0.15) is 4.79 Å². The standard InChI is InChI=1S/C13H14N2O3/c1-3-11(18-9(2)16)12(15-14)13(17)10-7-5-4-6-8-10/h4-8,11H,3H2,1-2H3. The first-order valence-corrected chi connectivity index (χ1v) is 5.59. The van der Waals surface area contributed by atoms with Gasteiger partial charge in [0.25, 0.3) is 5.78 Å². The lowest BCUT2D eigenvalue weighted by Crippen LogP contribution is -2.33. The molecule has 0 N–H and O–H groups in total. The number of carbonyl (C=O) groups is 2. The Morgan fingerprint density at radius 3 is 2.39 bits per heavy atom. The molecule has 1 aromatic rings. The van der Waals surface area contributed by atoms with Crippen molar-refractivity contribution in [3.8, 4) is 0 Å². The van der Waals surface area contributed by atoms with Crippen molar-refractivity contribution in [2.75, 3.05) is 0 Å². The van der Waals surface area contributed by atoms with Crippen molar-refractivity contribution in [1.29, 1.82) is 0 Å². The molecule has 0 aliphatic rings. The Balaban J connectivity index is 3.00. The van der Waals surface area contributed by atoms with Gasteiger partial charge in [-0.1, -0.05) is 37.3 Å². The summed E-state index contributed by atoms with van der Waals surface area (Å²) in [5, 5.41) is 0. The lowest BCUT2D eigenvalue weighted by Gasteiger charge is -2.09. The lowest BCUT2D eigenvalue weighted by atomic mass is 10.0. The molecule has 0 aliphatic heterocycles. The molecule has 18 heavy (non-hydrogen) atoms. The van der Waals surface area contributed by atoms with Crippen LogP contribution < -0.4 is 0 Å². The summed E-state index contributed by atoms with van der Waals surface area (Å²) in [6, 6.07) is 8.39. The van der Waals surface area contributed by atoms with Gasteiger partial charge in [0.15, 0.2) is 0 Å². The zero-order valence-electron chi connectivity index (χ0n) is 10.3. The number of benzene rings is 1. The number of hydrogen-bond acceptors (Lipinski definition) is 3. The molecule has 0 aromatic heterocycles. The fourth-order valence-corrected chi connectivity index (χ4v) is 1.53. The number of esters is 1. The van der Waals surface area contributed by atoms with Crippen LogP contribution in [0.2, 0.25) is 0 Å². The first-order valence-electron chi connectivity index (χ1n) is 5.59. The van der Waals surface area contributed by atoms with Crippen molar-refractivity contribution >= 4 is 17.5 Å². The maximum atomic E-state index is 12.1. The Hall–Kier alpha value is -2.26. The molecule has 0 aliphatic carbocycles. The molecular formula is C13H14N2O3. The van der Waals surface area contributed by atoms with Gasteiger partial charge in [-0.25, -0.2) is 0 Å². The molecule has 0 spiro atoms. The van der Waals surface area contributed by atoms with E-state index in [0.717, 1.165) is 0 Å². The Bertz CT molecular complexity index is 490. The van der Waals surface area contributed by atoms with E-state index < -0.39 is 17.9 Å². The summed E-state index contributed by atoms with van der Waals surface area (Å²) >= 11 is 0. The Morgan fingerprint density at radius 2 is 1.94 bits per heavy atom. The minimum atomic E-state index is -0.833. The number of rotatable bonds is 5. The van der Waals surface area contributed by atoms with Crippen molar-refractivity contribution in [2.24, 2.45) is 0 Å². The van der Waals surface area contributed by atoms with Crippen molar-refractivity contribution in [3.05, 3.63) is 41.4 Å². The second kappa shape index (κ2) is 6.47. The van der Waals surface area contributed by atoms with E-state index in [1.54, 1.807) is 37.3 Å². The molecule has 0 bridgehead atoms. The second-order valence-corrected chi connectivity index (χ2v) is 3.69. The fourth-order valence-electron chi connectivity index (χ4n) is 1.53. The van der Waals surface area contributed by atoms with E-state index in [-0.39, 0.29) is 5.71 Å². The maximum Gasteiger partial charge on any atom is 0.379 e. The summed E-state index contributed by atoms with van der Waals surface area (Å²) in [6.45, 7) is 2.97. The molecule has 0 heterocycles. The molecule has 0 amide bonds. The normalized spacial score (nSPS) is 11.2. The number of Topliss-reactive ketones (excluding diaryl/α,β-unsaturated/α-hetero) is 1. The van der Waals surface area contributed by atoms with Crippen molar-refractivity contribution in [3.63, 3.8) is 0 Å². The summed E-state index contributed by atoms with van der Waals surface area (Å²) in [5.74, 6) is -0.977. The van der Waals surface area contributed by atoms with Gasteiger partial charge in [-0.3, -0.25) is 9.59 Å². The van der Waals surface area contributed by atoms with Gasteiger partial charge in [0.2, 0.25) is 6.10 Å². The van der Waals surface area contributed by atoms with Gasteiger partial charge in [-0.05, 0) is 6.42 Å². The van der Waals surface area contributed by atoms with E-state index in [2.05, 4.69) is 4.79 Å². The van der Waals surface area contributed by atoms with Crippen LogP contribution in [0.5, 0.6) is 0 Å². The molecule has 1 aromatic carbocycles. The molecule has 5 nitrogen and oxygen atoms in total. The monoisotopic (exact) mass is 246 g/mol. The molecule has 0 radical (unpaired) electrons. The van der Waals surface area contributed by atoms with E-state index >= 15 is 0 Å². The lowest BCUT2D eigenvalue weighted by molar-refractivity contribution is -0.145. The van der Waals surface area contributed by atoms with Gasteiger partial charge in [0.05, 0.1) is 0 Å². The second-order valence-electron chi connectivity index (χ2n) is 3.69. The molecule has 94 valence electrons. The molecule has 5 heteroatoms. The van der Waals surface area contributed by atoms with Gasteiger partial charge in [0.1, 0.15) is 0 Å². The maximum absolute atomic E-state index is 12.1. The highest BCUT2D eigenvalue weighted by molar-refractivity contribution is 6.45. The van der Waals surface area contributed by atoms with Crippen molar-refractivity contribution < 1.29 is 19.1 Å². The Morgan fingerprint density at radius 1 is 1.33 bits per heavy atom. The molecule has 0 fully saturated rings. The Kier molecular flexibility index (Phi) is 4.96. The summed E-state index contributed by atoms with van der Waals surface area (Å²) in [5.41, 5.74) is 9.17. The van der Waals surface area contributed by atoms with Crippen LogP contribution in [0.3, 0.4) is 0 Å². The van der Waals surface area contributed by atoms with Crippen LogP contribution in [0, 0.1) is 0 Å². The van der Waals surface area contributed by atoms with Gasteiger partial charge < -0.3 is 10.3 Å². The van der Waals surface area contributed by atoms with Crippen LogP contribution in [-0.2, 0) is 9.53 Å². The third kappa shape index (κ3) is 3.37. The third-order valence-corrected chi connectivity index (χ3v) is 2.36. The topological polar surface area (TPSA) is 79.8 Å².